The van der Waals surface area contributed by atoms with Gasteiger partial charge in [-0.1, -0.05) is 12.1 Å². The number of aliphatic hydroxyl groups excluding tert-OH is 1. The Balaban J connectivity index is 2.32. The number of methoxy groups -OCH3 is 1. The fourth-order valence-electron chi connectivity index (χ4n) is 1.80. The van der Waals surface area contributed by atoms with Gasteiger partial charge in [-0.2, -0.15) is 11.8 Å². The van der Waals surface area contributed by atoms with Gasteiger partial charge in [0.25, 0.3) is 0 Å². The van der Waals surface area contributed by atoms with Gasteiger partial charge in [0.1, 0.15) is 5.75 Å². The summed E-state index contributed by atoms with van der Waals surface area (Å²) in [6, 6.07) is 8.46. The van der Waals surface area contributed by atoms with E-state index in [2.05, 4.69) is 24.4 Å². The van der Waals surface area contributed by atoms with E-state index in [1.165, 1.54) is 5.56 Å². The molecule has 0 heterocycles. The van der Waals surface area contributed by atoms with Crippen molar-refractivity contribution in [1.82, 2.24) is 5.32 Å². The molecule has 1 aromatic rings. The summed E-state index contributed by atoms with van der Waals surface area (Å²) in [7, 11) is 1.68. The molecule has 0 aliphatic heterocycles. The minimum absolute atomic E-state index is 0.220. The molecule has 2 N–H and O–H groups in total. The lowest BCUT2D eigenvalue weighted by atomic mass is 10.1. The molecule has 0 aliphatic carbocycles. The van der Waals surface area contributed by atoms with Crippen LogP contribution in [0.2, 0.25) is 0 Å². The van der Waals surface area contributed by atoms with Crippen LogP contribution in [0.15, 0.2) is 24.3 Å². The van der Waals surface area contributed by atoms with Crippen LogP contribution in [0.3, 0.4) is 0 Å². The van der Waals surface area contributed by atoms with Crippen molar-refractivity contribution in [1.29, 1.82) is 0 Å². The van der Waals surface area contributed by atoms with Gasteiger partial charge in [0.15, 0.2) is 0 Å². The van der Waals surface area contributed by atoms with Crippen molar-refractivity contribution in [2.24, 2.45) is 0 Å². The number of hydrogen-bond donors (Lipinski definition) is 2. The summed E-state index contributed by atoms with van der Waals surface area (Å²) in [6.45, 7) is 3.26. The molecule has 0 saturated heterocycles. The van der Waals surface area contributed by atoms with Gasteiger partial charge < -0.3 is 15.2 Å². The predicted molar refractivity (Wildman–Crippen MR) is 78.6 cm³/mol. The second-order valence-corrected chi connectivity index (χ2v) is 5.37. The molecule has 0 spiro atoms. The predicted octanol–water partition coefficient (Wildman–Crippen LogP) is 1.94. The van der Waals surface area contributed by atoms with Gasteiger partial charge in [-0.15, -0.1) is 0 Å². The molecular weight excluding hydrogens is 246 g/mol. The first-order valence-electron chi connectivity index (χ1n) is 6.21. The Labute approximate surface area is 114 Å². The zero-order chi connectivity index (χ0) is 13.4. The van der Waals surface area contributed by atoms with Gasteiger partial charge >= 0.3 is 0 Å². The summed E-state index contributed by atoms with van der Waals surface area (Å²) < 4.78 is 5.13. The van der Waals surface area contributed by atoms with Crippen LogP contribution in [-0.4, -0.2) is 42.9 Å². The SMILES string of the molecule is COc1ccc(CCNC(C)C(CO)SC)cc1. The third-order valence-corrected chi connectivity index (χ3v) is 4.24. The molecule has 102 valence electrons. The van der Waals surface area contributed by atoms with Crippen LogP contribution in [0.25, 0.3) is 0 Å². The molecule has 0 aromatic heterocycles. The maximum atomic E-state index is 9.20. The Morgan fingerprint density at radius 1 is 1.33 bits per heavy atom. The first-order valence-corrected chi connectivity index (χ1v) is 7.50. The quantitative estimate of drug-likeness (QED) is 0.757. The molecule has 0 fully saturated rings. The molecular formula is C14H23NO2S. The van der Waals surface area contributed by atoms with Crippen LogP contribution in [0.1, 0.15) is 12.5 Å². The van der Waals surface area contributed by atoms with E-state index in [0.717, 1.165) is 18.7 Å². The lowest BCUT2D eigenvalue weighted by Gasteiger charge is -2.21. The van der Waals surface area contributed by atoms with Crippen LogP contribution in [0.5, 0.6) is 5.75 Å². The number of thioether (sulfide) groups is 1. The van der Waals surface area contributed by atoms with Crippen molar-refractivity contribution in [3.8, 4) is 5.75 Å². The van der Waals surface area contributed by atoms with Gasteiger partial charge in [0, 0.05) is 11.3 Å². The minimum Gasteiger partial charge on any atom is -0.497 e. The molecule has 0 aliphatic rings. The van der Waals surface area contributed by atoms with E-state index in [1.54, 1.807) is 18.9 Å². The van der Waals surface area contributed by atoms with Crippen LogP contribution >= 0.6 is 11.8 Å². The average Bonchev–Trinajstić information content (AvgIpc) is 2.41. The van der Waals surface area contributed by atoms with Crippen molar-refractivity contribution >= 4 is 11.8 Å². The number of aliphatic hydroxyl groups is 1. The van der Waals surface area contributed by atoms with Crippen molar-refractivity contribution in [3.05, 3.63) is 29.8 Å². The Kier molecular flexibility index (Phi) is 7.16. The van der Waals surface area contributed by atoms with Crippen LogP contribution in [0, 0.1) is 0 Å². The molecule has 2 atom stereocenters. The summed E-state index contributed by atoms with van der Waals surface area (Å²) in [4.78, 5) is 0. The van der Waals surface area contributed by atoms with E-state index in [0.29, 0.717) is 6.04 Å². The molecule has 0 amide bonds. The number of hydrogen-bond acceptors (Lipinski definition) is 4. The maximum absolute atomic E-state index is 9.20. The van der Waals surface area contributed by atoms with E-state index in [9.17, 15) is 5.11 Å². The van der Waals surface area contributed by atoms with Gasteiger partial charge in [0.05, 0.1) is 13.7 Å². The van der Waals surface area contributed by atoms with Crippen molar-refractivity contribution in [2.75, 3.05) is 26.5 Å². The third kappa shape index (κ3) is 4.88. The van der Waals surface area contributed by atoms with E-state index in [4.69, 9.17) is 4.74 Å². The Morgan fingerprint density at radius 2 is 2.00 bits per heavy atom. The van der Waals surface area contributed by atoms with Crippen molar-refractivity contribution in [2.45, 2.75) is 24.6 Å². The topological polar surface area (TPSA) is 41.5 Å². The molecule has 1 rings (SSSR count). The monoisotopic (exact) mass is 269 g/mol. The number of benzene rings is 1. The van der Waals surface area contributed by atoms with Gasteiger partial charge in [0.2, 0.25) is 0 Å². The summed E-state index contributed by atoms with van der Waals surface area (Å²) in [6.07, 6.45) is 3.02. The summed E-state index contributed by atoms with van der Waals surface area (Å²) in [5.41, 5.74) is 1.29. The Bertz CT molecular complexity index is 325. The molecule has 3 nitrogen and oxygen atoms in total. The summed E-state index contributed by atoms with van der Waals surface area (Å²) >= 11 is 1.70. The highest BCUT2D eigenvalue weighted by molar-refractivity contribution is 7.99. The Morgan fingerprint density at radius 3 is 2.50 bits per heavy atom. The number of ether oxygens (including phenoxy) is 1. The highest BCUT2D eigenvalue weighted by Crippen LogP contribution is 2.12. The fraction of sp³-hybridized carbons (Fsp3) is 0.571. The van der Waals surface area contributed by atoms with E-state index in [-0.39, 0.29) is 11.9 Å². The lowest BCUT2D eigenvalue weighted by molar-refractivity contribution is 0.276. The minimum atomic E-state index is 0.220. The van der Waals surface area contributed by atoms with Crippen LogP contribution < -0.4 is 10.1 Å². The molecule has 18 heavy (non-hydrogen) atoms. The molecule has 0 bridgehead atoms. The molecule has 2 unspecified atom stereocenters. The Hall–Kier alpha value is -0.710. The number of nitrogens with one attached hydrogen (secondary N) is 1. The summed E-state index contributed by atoms with van der Waals surface area (Å²) in [5, 5.41) is 12.9. The van der Waals surface area contributed by atoms with E-state index in [1.807, 2.05) is 18.4 Å². The van der Waals surface area contributed by atoms with Gasteiger partial charge in [-0.25, -0.2) is 0 Å². The molecule has 1 aromatic carbocycles. The smallest absolute Gasteiger partial charge is 0.118 e. The second-order valence-electron chi connectivity index (χ2n) is 4.30. The molecule has 4 heteroatoms. The first kappa shape index (κ1) is 15.3. The zero-order valence-corrected chi connectivity index (χ0v) is 12.2. The van der Waals surface area contributed by atoms with Gasteiger partial charge in [-0.3, -0.25) is 0 Å². The van der Waals surface area contributed by atoms with Crippen LogP contribution in [0.4, 0.5) is 0 Å². The summed E-state index contributed by atoms with van der Waals surface area (Å²) in [5.74, 6) is 0.891. The average molecular weight is 269 g/mol. The lowest BCUT2D eigenvalue weighted by Crippen LogP contribution is -2.38. The second kappa shape index (κ2) is 8.40. The first-order chi connectivity index (χ1) is 8.71. The van der Waals surface area contributed by atoms with E-state index >= 15 is 0 Å². The largest absolute Gasteiger partial charge is 0.497 e. The third-order valence-electron chi connectivity index (χ3n) is 3.08. The standard InChI is InChI=1S/C14H23NO2S/c1-11(14(10-16)18-3)15-9-8-12-4-6-13(17-2)7-5-12/h4-7,11,14-16H,8-10H2,1-3H3. The van der Waals surface area contributed by atoms with Crippen LogP contribution in [-0.2, 0) is 6.42 Å². The number of rotatable bonds is 8. The molecule has 0 saturated carbocycles. The van der Waals surface area contributed by atoms with Crippen molar-refractivity contribution in [3.63, 3.8) is 0 Å². The highest BCUT2D eigenvalue weighted by atomic mass is 32.2. The van der Waals surface area contributed by atoms with E-state index < -0.39 is 0 Å². The zero-order valence-electron chi connectivity index (χ0n) is 11.3. The highest BCUT2D eigenvalue weighted by Gasteiger charge is 2.13. The fourth-order valence-corrected chi connectivity index (χ4v) is 2.46. The van der Waals surface area contributed by atoms with Gasteiger partial charge in [-0.05, 0) is 43.8 Å². The normalized spacial score (nSPS) is 14.2. The van der Waals surface area contributed by atoms with Crippen molar-refractivity contribution < 1.29 is 9.84 Å². The maximum Gasteiger partial charge on any atom is 0.118 e. The molecule has 0 radical (unpaired) electrons.